The molecule has 0 bridgehead atoms. The van der Waals surface area contributed by atoms with Crippen molar-refractivity contribution < 1.29 is 4.79 Å². The third-order valence-electron chi connectivity index (χ3n) is 4.00. The Kier molecular flexibility index (Phi) is 3.99. The summed E-state index contributed by atoms with van der Waals surface area (Å²) in [6.45, 7) is 1.04. The summed E-state index contributed by atoms with van der Waals surface area (Å²) in [7, 11) is 0. The first-order valence-corrected chi connectivity index (χ1v) is 7.89. The van der Waals surface area contributed by atoms with Crippen LogP contribution in [0.5, 0.6) is 0 Å². The molecule has 112 valence electrons. The molecule has 1 fully saturated rings. The molecule has 1 saturated heterocycles. The van der Waals surface area contributed by atoms with Gasteiger partial charge in [-0.05, 0) is 37.1 Å². The molecule has 5 nitrogen and oxygen atoms in total. The van der Waals surface area contributed by atoms with Gasteiger partial charge in [-0.2, -0.15) is 5.26 Å². The fraction of sp³-hybridized carbons (Fsp3) is 0.312. The number of hydrogen-bond acceptors (Lipinski definition) is 3. The highest BCUT2D eigenvalue weighted by atomic mass is 79.9. The first kappa shape index (κ1) is 14.8. The Morgan fingerprint density at radius 2 is 2.05 bits per heavy atom. The number of amides is 1. The Hall–Kier alpha value is -2.13. The minimum absolute atomic E-state index is 0.00916. The Labute approximate surface area is 135 Å². The van der Waals surface area contributed by atoms with Crippen LogP contribution in [0.2, 0.25) is 0 Å². The van der Waals surface area contributed by atoms with Crippen molar-refractivity contribution in [3.63, 3.8) is 0 Å². The van der Waals surface area contributed by atoms with Gasteiger partial charge in [0.2, 0.25) is 0 Å². The van der Waals surface area contributed by atoms with Crippen molar-refractivity contribution in [3.8, 4) is 6.07 Å². The first-order valence-electron chi connectivity index (χ1n) is 7.10. The van der Waals surface area contributed by atoms with E-state index in [1.165, 1.54) is 0 Å². The molecule has 0 radical (unpaired) electrons. The lowest BCUT2D eigenvalue weighted by Crippen LogP contribution is -2.40. The molecule has 1 amide bonds. The van der Waals surface area contributed by atoms with Crippen molar-refractivity contribution in [2.45, 2.75) is 12.8 Å². The number of aromatic nitrogens is 1. The molecule has 0 unspecified atom stereocenters. The molecule has 1 aromatic carbocycles. The Balaban J connectivity index is 1.92. The Morgan fingerprint density at radius 3 is 2.73 bits per heavy atom. The second kappa shape index (κ2) is 5.93. The van der Waals surface area contributed by atoms with Gasteiger partial charge >= 0.3 is 0 Å². The number of rotatable bonds is 1. The second-order valence-corrected chi connectivity index (χ2v) is 6.35. The summed E-state index contributed by atoms with van der Waals surface area (Å²) in [5.41, 5.74) is 0.483. The number of carbonyl (C=O) groups is 1. The largest absolute Gasteiger partial charge is 0.338 e. The van der Waals surface area contributed by atoms with E-state index in [9.17, 15) is 9.59 Å². The predicted octanol–water partition coefficient (Wildman–Crippen LogP) is 2.67. The summed E-state index contributed by atoms with van der Waals surface area (Å²) in [6.07, 6.45) is 1.33. The number of carbonyl (C=O) groups excluding carboxylic acids is 1. The van der Waals surface area contributed by atoms with Crippen molar-refractivity contribution >= 4 is 32.7 Å². The average molecular weight is 360 g/mol. The minimum Gasteiger partial charge on any atom is -0.338 e. The number of H-pyrrole nitrogens is 1. The summed E-state index contributed by atoms with van der Waals surface area (Å²) >= 11 is 3.39. The van der Waals surface area contributed by atoms with Gasteiger partial charge in [0.05, 0.1) is 6.07 Å². The molecule has 2 aromatic rings. The van der Waals surface area contributed by atoms with Crippen LogP contribution in [0, 0.1) is 17.2 Å². The van der Waals surface area contributed by atoms with E-state index >= 15 is 0 Å². The molecule has 22 heavy (non-hydrogen) atoms. The van der Waals surface area contributed by atoms with Crippen LogP contribution in [0.1, 0.15) is 23.2 Å². The van der Waals surface area contributed by atoms with Crippen LogP contribution in [0.3, 0.4) is 0 Å². The van der Waals surface area contributed by atoms with E-state index in [0.29, 0.717) is 31.4 Å². The molecule has 0 spiro atoms. The molecule has 0 aliphatic carbocycles. The molecule has 2 heterocycles. The number of piperidine rings is 1. The van der Waals surface area contributed by atoms with Gasteiger partial charge in [0, 0.05) is 34.4 Å². The molecule has 1 aliphatic heterocycles. The van der Waals surface area contributed by atoms with Crippen molar-refractivity contribution in [1.82, 2.24) is 9.88 Å². The zero-order valence-electron chi connectivity index (χ0n) is 11.8. The summed E-state index contributed by atoms with van der Waals surface area (Å²) in [5, 5.41) is 9.72. The number of nitrogens with zero attached hydrogens (tertiary/aromatic N) is 2. The number of likely N-dealkylation sites (tertiary alicyclic amines) is 1. The van der Waals surface area contributed by atoms with Gasteiger partial charge < -0.3 is 9.88 Å². The van der Waals surface area contributed by atoms with E-state index in [1.54, 1.807) is 17.0 Å². The highest BCUT2D eigenvalue weighted by Gasteiger charge is 2.25. The summed E-state index contributed by atoms with van der Waals surface area (Å²) in [6, 6.07) is 9.37. The zero-order chi connectivity index (χ0) is 15.7. The summed E-state index contributed by atoms with van der Waals surface area (Å²) in [4.78, 5) is 29.1. The third kappa shape index (κ3) is 2.77. The van der Waals surface area contributed by atoms with Gasteiger partial charge in [-0.15, -0.1) is 0 Å². The number of pyridine rings is 1. The molecular formula is C16H14BrN3O2. The number of fused-ring (bicyclic) bond motifs is 1. The minimum atomic E-state index is -0.373. The summed E-state index contributed by atoms with van der Waals surface area (Å²) in [5.74, 6) is -0.255. The summed E-state index contributed by atoms with van der Waals surface area (Å²) < 4.78 is 0.889. The fourth-order valence-electron chi connectivity index (χ4n) is 2.72. The maximum Gasteiger partial charge on any atom is 0.261 e. The number of benzene rings is 1. The first-order chi connectivity index (χ1) is 10.6. The van der Waals surface area contributed by atoms with Crippen LogP contribution in [0.4, 0.5) is 0 Å². The maximum atomic E-state index is 12.6. The van der Waals surface area contributed by atoms with Gasteiger partial charge in [0.25, 0.3) is 11.5 Å². The van der Waals surface area contributed by atoms with E-state index in [0.717, 1.165) is 9.86 Å². The van der Waals surface area contributed by atoms with Gasteiger partial charge in [-0.25, -0.2) is 0 Å². The lowest BCUT2D eigenvalue weighted by molar-refractivity contribution is 0.0705. The standard InChI is InChI=1S/C16H14BrN3O2/c17-12-1-2-14-11(7-12)8-13(15(21)19-14)16(22)20-5-3-10(9-18)4-6-20/h1-2,7-8,10H,3-6H2,(H,19,21). The quantitative estimate of drug-likeness (QED) is 0.850. The molecule has 1 N–H and O–H groups in total. The number of halogens is 1. The van der Waals surface area contributed by atoms with Crippen LogP contribution in [-0.2, 0) is 0 Å². The molecule has 0 saturated carbocycles. The average Bonchev–Trinajstić information content (AvgIpc) is 2.54. The van der Waals surface area contributed by atoms with Crippen molar-refractivity contribution in [1.29, 1.82) is 5.26 Å². The van der Waals surface area contributed by atoms with Crippen molar-refractivity contribution in [2.75, 3.05) is 13.1 Å². The van der Waals surface area contributed by atoms with Gasteiger partial charge in [-0.1, -0.05) is 15.9 Å². The number of hydrogen-bond donors (Lipinski definition) is 1. The van der Waals surface area contributed by atoms with E-state index in [1.807, 2.05) is 12.1 Å². The number of nitriles is 1. The van der Waals surface area contributed by atoms with Gasteiger partial charge in [-0.3, -0.25) is 9.59 Å². The SMILES string of the molecule is N#CC1CCN(C(=O)c2cc3cc(Br)ccc3[nH]c2=O)CC1. The lowest BCUT2D eigenvalue weighted by Gasteiger charge is -2.29. The van der Waals surface area contributed by atoms with Crippen LogP contribution in [-0.4, -0.2) is 28.9 Å². The second-order valence-electron chi connectivity index (χ2n) is 5.44. The highest BCUT2D eigenvalue weighted by molar-refractivity contribution is 9.10. The number of aromatic amines is 1. The molecule has 1 aliphatic rings. The molecule has 6 heteroatoms. The zero-order valence-corrected chi connectivity index (χ0v) is 13.4. The molecule has 0 atom stereocenters. The van der Waals surface area contributed by atoms with Crippen LogP contribution < -0.4 is 5.56 Å². The maximum absolute atomic E-state index is 12.6. The topological polar surface area (TPSA) is 77.0 Å². The third-order valence-corrected chi connectivity index (χ3v) is 4.49. The molecule has 3 rings (SSSR count). The van der Waals surface area contributed by atoms with Gasteiger partial charge in [0.1, 0.15) is 5.56 Å². The Bertz CT molecular complexity index is 829. The van der Waals surface area contributed by atoms with Crippen LogP contribution in [0.15, 0.2) is 33.5 Å². The normalized spacial score (nSPS) is 15.7. The smallest absolute Gasteiger partial charge is 0.261 e. The number of nitrogens with one attached hydrogen (secondary N) is 1. The van der Waals surface area contributed by atoms with Crippen molar-refractivity contribution in [2.24, 2.45) is 5.92 Å². The Morgan fingerprint density at radius 1 is 1.32 bits per heavy atom. The fourth-order valence-corrected chi connectivity index (χ4v) is 3.10. The molecule has 1 aromatic heterocycles. The van der Waals surface area contributed by atoms with E-state index in [4.69, 9.17) is 5.26 Å². The van der Waals surface area contributed by atoms with E-state index in [-0.39, 0.29) is 22.9 Å². The highest BCUT2D eigenvalue weighted by Crippen LogP contribution is 2.20. The molecular weight excluding hydrogens is 346 g/mol. The van der Waals surface area contributed by atoms with E-state index in [2.05, 4.69) is 27.0 Å². The van der Waals surface area contributed by atoms with Crippen molar-refractivity contribution in [3.05, 3.63) is 44.7 Å². The lowest BCUT2D eigenvalue weighted by atomic mass is 9.98. The van der Waals surface area contributed by atoms with Crippen LogP contribution in [0.25, 0.3) is 10.9 Å². The predicted molar refractivity (Wildman–Crippen MR) is 86.5 cm³/mol. The van der Waals surface area contributed by atoms with E-state index < -0.39 is 0 Å². The monoisotopic (exact) mass is 359 g/mol. The van der Waals surface area contributed by atoms with Gasteiger partial charge in [0.15, 0.2) is 0 Å². The van der Waals surface area contributed by atoms with Crippen LogP contribution >= 0.6 is 15.9 Å².